The van der Waals surface area contributed by atoms with Crippen molar-refractivity contribution in [3.8, 4) is 11.8 Å². The maximum absolute atomic E-state index is 13.4. The lowest BCUT2D eigenvalue weighted by atomic mass is 10.0. The summed E-state index contributed by atoms with van der Waals surface area (Å²) in [4.78, 5) is 31.2. The molecule has 0 bridgehead atoms. The van der Waals surface area contributed by atoms with Gasteiger partial charge in [0.1, 0.15) is 17.3 Å². The fourth-order valence-corrected chi connectivity index (χ4v) is 5.42. The summed E-state index contributed by atoms with van der Waals surface area (Å²) in [6.45, 7) is 4.94. The lowest BCUT2D eigenvalue weighted by molar-refractivity contribution is -0.128. The van der Waals surface area contributed by atoms with E-state index in [4.69, 9.17) is 11.6 Å². The van der Waals surface area contributed by atoms with Crippen molar-refractivity contribution in [2.45, 2.75) is 32.7 Å². The molecule has 9 heteroatoms. The first-order valence-corrected chi connectivity index (χ1v) is 12.2. The summed E-state index contributed by atoms with van der Waals surface area (Å²) < 4.78 is 15.1. The van der Waals surface area contributed by atoms with Crippen LogP contribution in [0.5, 0.6) is 0 Å². The number of amides is 2. The van der Waals surface area contributed by atoms with Crippen molar-refractivity contribution in [1.29, 1.82) is 0 Å². The van der Waals surface area contributed by atoms with Crippen LogP contribution in [0.1, 0.15) is 53.0 Å². The second kappa shape index (κ2) is 9.75. The van der Waals surface area contributed by atoms with Gasteiger partial charge in [-0.3, -0.25) is 14.3 Å². The van der Waals surface area contributed by atoms with Gasteiger partial charge in [-0.25, -0.2) is 9.37 Å². The molecule has 1 saturated heterocycles. The topological polar surface area (TPSA) is 80.1 Å². The summed E-state index contributed by atoms with van der Waals surface area (Å²) in [7, 11) is 0. The number of nitrogens with one attached hydrogen (secondary N) is 1. The van der Waals surface area contributed by atoms with Crippen molar-refractivity contribution < 1.29 is 14.0 Å². The first-order valence-electron chi connectivity index (χ1n) is 11.8. The number of likely N-dealkylation sites (tertiary alicyclic amines) is 1. The molecule has 184 valence electrons. The van der Waals surface area contributed by atoms with Gasteiger partial charge in [-0.1, -0.05) is 29.5 Å². The van der Waals surface area contributed by atoms with Gasteiger partial charge in [0.25, 0.3) is 5.91 Å². The van der Waals surface area contributed by atoms with Gasteiger partial charge in [-0.15, -0.1) is 0 Å². The zero-order chi connectivity index (χ0) is 25.4. The fourth-order valence-electron chi connectivity index (χ4n) is 5.21. The Morgan fingerprint density at radius 2 is 1.83 bits per heavy atom. The minimum atomic E-state index is -0.380. The average Bonchev–Trinajstić information content (AvgIpc) is 3.52. The highest BCUT2D eigenvalue weighted by molar-refractivity contribution is 6.34. The summed E-state index contributed by atoms with van der Waals surface area (Å²) in [5.74, 6) is 6.49. The molecule has 2 fully saturated rings. The molecule has 2 aromatic heterocycles. The zero-order valence-corrected chi connectivity index (χ0v) is 20.7. The van der Waals surface area contributed by atoms with Crippen molar-refractivity contribution in [1.82, 2.24) is 19.7 Å². The third kappa shape index (κ3) is 4.84. The third-order valence-electron chi connectivity index (χ3n) is 6.97. The third-order valence-corrected chi connectivity index (χ3v) is 7.25. The SMILES string of the molecule is CC(=O)N1C[C@H]2CC(n3ncc(Cl)c3C(=O)Nc3ncc(C#Cc4cccc(F)c4)cc3C)C[C@H]2C1. The lowest BCUT2D eigenvalue weighted by Crippen LogP contribution is -2.28. The second-order valence-corrected chi connectivity index (χ2v) is 9.87. The maximum atomic E-state index is 13.4. The second-order valence-electron chi connectivity index (χ2n) is 9.46. The Hall–Kier alpha value is -3.70. The Morgan fingerprint density at radius 3 is 2.50 bits per heavy atom. The number of rotatable bonds is 3. The van der Waals surface area contributed by atoms with Crippen molar-refractivity contribution in [3.63, 3.8) is 0 Å². The van der Waals surface area contributed by atoms with E-state index in [1.165, 1.54) is 18.3 Å². The Kier molecular flexibility index (Phi) is 6.50. The van der Waals surface area contributed by atoms with Crippen molar-refractivity contribution in [2.75, 3.05) is 18.4 Å². The Bertz CT molecular complexity index is 1390. The molecule has 1 aliphatic carbocycles. The molecular weight excluding hydrogens is 481 g/mol. The van der Waals surface area contributed by atoms with E-state index in [0.29, 0.717) is 34.5 Å². The van der Waals surface area contributed by atoms with E-state index in [0.717, 1.165) is 31.5 Å². The smallest absolute Gasteiger partial charge is 0.276 e. The molecular formula is C27H25ClFN5O2. The molecule has 1 aliphatic heterocycles. The van der Waals surface area contributed by atoms with Crippen molar-refractivity contribution >= 4 is 29.2 Å². The number of carbonyl (C=O) groups excluding carboxylic acids is 2. The van der Waals surface area contributed by atoms with Gasteiger partial charge in [0.2, 0.25) is 5.91 Å². The van der Waals surface area contributed by atoms with Crippen LogP contribution in [0, 0.1) is 36.4 Å². The molecule has 1 N–H and O–H groups in total. The molecule has 36 heavy (non-hydrogen) atoms. The van der Waals surface area contributed by atoms with Gasteiger partial charge in [0.15, 0.2) is 0 Å². The van der Waals surface area contributed by atoms with Gasteiger partial charge in [0.05, 0.1) is 17.3 Å². The molecule has 1 unspecified atom stereocenters. The number of nitrogens with zero attached hydrogens (tertiary/aromatic N) is 4. The minimum absolute atomic E-state index is 0.0527. The number of aryl methyl sites for hydroxylation is 1. The summed E-state index contributed by atoms with van der Waals surface area (Å²) >= 11 is 6.38. The largest absolute Gasteiger partial charge is 0.342 e. The van der Waals surface area contributed by atoms with Crippen LogP contribution in [0.3, 0.4) is 0 Å². The van der Waals surface area contributed by atoms with E-state index in [1.807, 2.05) is 17.9 Å². The van der Waals surface area contributed by atoms with Crippen LogP contribution in [0.25, 0.3) is 0 Å². The Morgan fingerprint density at radius 1 is 1.11 bits per heavy atom. The van der Waals surface area contributed by atoms with Crippen LogP contribution in [0.4, 0.5) is 10.2 Å². The van der Waals surface area contributed by atoms with Crippen molar-refractivity contribution in [2.24, 2.45) is 11.8 Å². The Balaban J connectivity index is 1.29. The summed E-state index contributed by atoms with van der Waals surface area (Å²) in [6.07, 6.45) is 4.76. The molecule has 7 nitrogen and oxygen atoms in total. The maximum Gasteiger partial charge on any atom is 0.276 e. The number of benzene rings is 1. The van der Waals surface area contributed by atoms with E-state index in [1.54, 1.807) is 29.9 Å². The number of aromatic nitrogens is 3. The van der Waals surface area contributed by atoms with Crippen LogP contribution >= 0.6 is 11.6 Å². The van der Waals surface area contributed by atoms with E-state index in [-0.39, 0.29) is 28.7 Å². The van der Waals surface area contributed by atoms with E-state index >= 15 is 0 Å². The summed E-state index contributed by atoms with van der Waals surface area (Å²) in [5.41, 5.74) is 2.26. The van der Waals surface area contributed by atoms with Crippen LogP contribution in [0.15, 0.2) is 42.7 Å². The number of anilines is 1. The number of halogens is 2. The molecule has 3 heterocycles. The van der Waals surface area contributed by atoms with Gasteiger partial charge in [-0.2, -0.15) is 5.10 Å². The monoisotopic (exact) mass is 505 g/mol. The molecule has 3 aromatic rings. The number of fused-ring (bicyclic) bond motifs is 1. The molecule has 0 radical (unpaired) electrons. The van der Waals surface area contributed by atoms with E-state index in [9.17, 15) is 14.0 Å². The molecule has 3 atom stereocenters. The highest BCUT2D eigenvalue weighted by Gasteiger charge is 2.43. The highest BCUT2D eigenvalue weighted by Crippen LogP contribution is 2.44. The van der Waals surface area contributed by atoms with E-state index in [2.05, 4.69) is 27.2 Å². The molecule has 1 aromatic carbocycles. The first-order chi connectivity index (χ1) is 17.3. The Labute approximate surface area is 213 Å². The number of pyridine rings is 1. The average molecular weight is 506 g/mol. The van der Waals surface area contributed by atoms with Gasteiger partial charge < -0.3 is 10.2 Å². The minimum Gasteiger partial charge on any atom is -0.342 e. The van der Waals surface area contributed by atoms with Crippen LogP contribution in [-0.2, 0) is 4.79 Å². The molecule has 1 saturated carbocycles. The van der Waals surface area contributed by atoms with Crippen LogP contribution in [0.2, 0.25) is 5.02 Å². The first kappa shape index (κ1) is 24.0. The van der Waals surface area contributed by atoms with Crippen molar-refractivity contribution in [3.05, 3.63) is 75.9 Å². The van der Waals surface area contributed by atoms with Crippen LogP contribution < -0.4 is 5.32 Å². The quantitative estimate of drug-likeness (QED) is 0.533. The summed E-state index contributed by atoms with van der Waals surface area (Å²) in [5, 5.41) is 7.55. The molecule has 0 spiro atoms. The number of hydrogen-bond donors (Lipinski definition) is 1. The normalized spacial score (nSPS) is 20.6. The van der Waals surface area contributed by atoms with Crippen LogP contribution in [-0.4, -0.2) is 44.6 Å². The van der Waals surface area contributed by atoms with Gasteiger partial charge in [0, 0.05) is 37.3 Å². The lowest BCUT2D eigenvalue weighted by Gasteiger charge is -2.19. The van der Waals surface area contributed by atoms with Gasteiger partial charge in [-0.05, 0) is 61.4 Å². The van der Waals surface area contributed by atoms with Gasteiger partial charge >= 0.3 is 0 Å². The number of hydrogen-bond acceptors (Lipinski definition) is 4. The molecule has 2 aliphatic rings. The number of carbonyl (C=O) groups is 2. The predicted molar refractivity (Wildman–Crippen MR) is 134 cm³/mol. The zero-order valence-electron chi connectivity index (χ0n) is 20.0. The molecule has 5 rings (SSSR count). The predicted octanol–water partition coefficient (Wildman–Crippen LogP) is 4.46. The fraction of sp³-hybridized carbons (Fsp3) is 0.333. The summed E-state index contributed by atoms with van der Waals surface area (Å²) in [6, 6.07) is 7.94. The standard InChI is InChI=1S/C27H25ClFN5O2/c1-16-8-19(7-6-18-4-3-5-22(29)9-18)12-30-26(16)32-27(36)25-24(28)13-31-34(25)23-10-20-14-33(17(2)35)15-21(20)11-23/h3-5,8-9,12-13,20-21,23H,10-11,14-15H2,1-2H3,(H,30,32,36)/t20-,21+,23?. The highest BCUT2D eigenvalue weighted by atomic mass is 35.5. The van der Waals surface area contributed by atoms with E-state index < -0.39 is 0 Å². The molecule has 2 amide bonds.